The first-order valence-electron chi connectivity index (χ1n) is 5.59. The van der Waals surface area contributed by atoms with Crippen LogP contribution in [-0.4, -0.2) is 41.4 Å². The fourth-order valence-corrected chi connectivity index (χ4v) is 2.99. The number of hydrogen-bond acceptors (Lipinski definition) is 3. The average molecular weight is 260 g/mol. The van der Waals surface area contributed by atoms with Gasteiger partial charge in [-0.05, 0) is 19.1 Å². The second-order valence-electron chi connectivity index (χ2n) is 4.37. The number of carbonyl (C=O) groups is 1. The minimum atomic E-state index is -0.539. The van der Waals surface area contributed by atoms with E-state index in [1.54, 1.807) is 16.7 Å². The van der Waals surface area contributed by atoms with Crippen LogP contribution in [0.1, 0.15) is 25.7 Å². The van der Waals surface area contributed by atoms with Gasteiger partial charge in [-0.25, -0.2) is 0 Å². The van der Waals surface area contributed by atoms with E-state index in [9.17, 15) is 4.79 Å². The first kappa shape index (κ1) is 13.8. The number of nitrogens with zero attached hydrogens (tertiary/aromatic N) is 1. The molecule has 1 aliphatic carbocycles. The van der Waals surface area contributed by atoms with Crippen LogP contribution >= 0.6 is 24.0 Å². The summed E-state index contributed by atoms with van der Waals surface area (Å²) in [7, 11) is 1.84. The molecule has 1 fully saturated rings. The molecule has 0 aliphatic heterocycles. The van der Waals surface area contributed by atoms with Gasteiger partial charge in [0.25, 0.3) is 0 Å². The van der Waals surface area contributed by atoms with E-state index in [0.717, 1.165) is 38.0 Å². The number of amides is 1. The Bertz CT molecular complexity index is 275. The molecule has 0 spiro atoms. The van der Waals surface area contributed by atoms with Crippen molar-refractivity contribution in [1.82, 2.24) is 4.90 Å². The number of nitrogens with two attached hydrogens (primary N) is 1. The van der Waals surface area contributed by atoms with Crippen LogP contribution < -0.4 is 5.73 Å². The zero-order valence-electron chi connectivity index (χ0n) is 9.99. The largest absolute Gasteiger partial charge is 0.392 e. The van der Waals surface area contributed by atoms with Gasteiger partial charge in [0.15, 0.2) is 0 Å². The Kier molecular flexibility index (Phi) is 5.05. The fourth-order valence-electron chi connectivity index (χ4n) is 2.24. The second-order valence-corrected chi connectivity index (χ2v) is 5.80. The van der Waals surface area contributed by atoms with Gasteiger partial charge in [-0.3, -0.25) is 4.79 Å². The monoisotopic (exact) mass is 260 g/mol. The minimum absolute atomic E-state index is 0.117. The summed E-state index contributed by atoms with van der Waals surface area (Å²) in [6.07, 6.45) is 5.80. The lowest BCUT2D eigenvalue weighted by Crippen LogP contribution is -2.48. The Morgan fingerprint density at radius 1 is 1.50 bits per heavy atom. The molecule has 5 heteroatoms. The van der Waals surface area contributed by atoms with Gasteiger partial charge in [0.05, 0.1) is 10.4 Å². The molecule has 1 aliphatic rings. The van der Waals surface area contributed by atoms with E-state index in [-0.39, 0.29) is 5.91 Å². The Morgan fingerprint density at radius 2 is 2.06 bits per heavy atom. The molecule has 0 atom stereocenters. The van der Waals surface area contributed by atoms with Crippen molar-refractivity contribution in [2.75, 3.05) is 25.6 Å². The lowest BCUT2D eigenvalue weighted by molar-refractivity contribution is -0.136. The molecule has 0 aromatic rings. The zero-order valence-corrected chi connectivity index (χ0v) is 11.6. The van der Waals surface area contributed by atoms with Crippen molar-refractivity contribution in [3.63, 3.8) is 0 Å². The van der Waals surface area contributed by atoms with E-state index in [0.29, 0.717) is 4.99 Å². The van der Waals surface area contributed by atoms with Crippen LogP contribution in [0.2, 0.25) is 0 Å². The van der Waals surface area contributed by atoms with E-state index >= 15 is 0 Å². The Hall–Kier alpha value is -0.290. The van der Waals surface area contributed by atoms with E-state index < -0.39 is 5.41 Å². The highest BCUT2D eigenvalue weighted by Gasteiger charge is 2.45. The van der Waals surface area contributed by atoms with Crippen molar-refractivity contribution >= 4 is 34.9 Å². The molecular weight excluding hydrogens is 240 g/mol. The topological polar surface area (TPSA) is 46.3 Å². The maximum Gasteiger partial charge on any atom is 0.235 e. The lowest BCUT2D eigenvalue weighted by atomic mass is 9.84. The van der Waals surface area contributed by atoms with Crippen LogP contribution in [0.5, 0.6) is 0 Å². The van der Waals surface area contributed by atoms with E-state index in [2.05, 4.69) is 0 Å². The first-order chi connectivity index (χ1) is 7.54. The van der Waals surface area contributed by atoms with E-state index in [1.807, 2.05) is 13.3 Å². The Morgan fingerprint density at radius 3 is 2.50 bits per heavy atom. The van der Waals surface area contributed by atoms with Crippen LogP contribution in [0.15, 0.2) is 0 Å². The summed E-state index contributed by atoms with van der Waals surface area (Å²) in [4.78, 5) is 14.5. The number of thioether (sulfide) groups is 1. The summed E-state index contributed by atoms with van der Waals surface area (Å²) in [6.45, 7) is 0.768. The summed E-state index contributed by atoms with van der Waals surface area (Å²) in [6, 6.07) is 0. The Labute approximate surface area is 107 Å². The van der Waals surface area contributed by atoms with Crippen LogP contribution in [0.4, 0.5) is 0 Å². The third kappa shape index (κ3) is 2.69. The van der Waals surface area contributed by atoms with Crippen LogP contribution in [0.25, 0.3) is 0 Å². The van der Waals surface area contributed by atoms with Gasteiger partial charge in [-0.15, -0.1) is 0 Å². The number of rotatable bonds is 5. The Balaban J connectivity index is 2.72. The molecule has 0 saturated heterocycles. The van der Waals surface area contributed by atoms with Crippen molar-refractivity contribution in [1.29, 1.82) is 0 Å². The van der Waals surface area contributed by atoms with Crippen molar-refractivity contribution in [2.45, 2.75) is 25.7 Å². The molecule has 3 nitrogen and oxygen atoms in total. The molecule has 16 heavy (non-hydrogen) atoms. The van der Waals surface area contributed by atoms with E-state index in [1.165, 1.54) is 0 Å². The predicted octanol–water partition coefficient (Wildman–Crippen LogP) is 1.65. The van der Waals surface area contributed by atoms with Gasteiger partial charge in [-0.1, -0.05) is 25.1 Å². The maximum atomic E-state index is 12.4. The van der Waals surface area contributed by atoms with Gasteiger partial charge in [0.1, 0.15) is 0 Å². The van der Waals surface area contributed by atoms with Crippen molar-refractivity contribution in [2.24, 2.45) is 11.1 Å². The van der Waals surface area contributed by atoms with Crippen molar-refractivity contribution < 1.29 is 4.79 Å². The molecule has 1 rings (SSSR count). The van der Waals surface area contributed by atoms with Crippen LogP contribution in [0, 0.1) is 5.41 Å². The van der Waals surface area contributed by atoms with Gasteiger partial charge >= 0.3 is 0 Å². The highest BCUT2D eigenvalue weighted by atomic mass is 32.2. The van der Waals surface area contributed by atoms with Gasteiger partial charge in [0.2, 0.25) is 5.91 Å². The first-order valence-corrected chi connectivity index (χ1v) is 7.39. The molecular formula is C11H20N2OS2. The third-order valence-corrected chi connectivity index (χ3v) is 4.30. The highest BCUT2D eigenvalue weighted by molar-refractivity contribution is 7.98. The van der Waals surface area contributed by atoms with Crippen LogP contribution in [0.3, 0.4) is 0 Å². The summed E-state index contributed by atoms with van der Waals surface area (Å²) < 4.78 is 0. The highest BCUT2D eigenvalue weighted by Crippen LogP contribution is 2.39. The summed E-state index contributed by atoms with van der Waals surface area (Å²) in [5.74, 6) is 1.07. The summed E-state index contributed by atoms with van der Waals surface area (Å²) >= 11 is 6.84. The summed E-state index contributed by atoms with van der Waals surface area (Å²) in [5.41, 5.74) is 5.24. The molecule has 0 bridgehead atoms. The molecule has 0 heterocycles. The minimum Gasteiger partial charge on any atom is -0.392 e. The molecule has 0 aromatic carbocycles. The standard InChI is InChI=1S/C11H20N2OS2/c1-13(7-8-16-2)10(14)11(9(12)15)5-3-4-6-11/h3-8H2,1-2H3,(H2,12,15). The lowest BCUT2D eigenvalue weighted by Gasteiger charge is -2.31. The molecule has 1 amide bonds. The fraction of sp³-hybridized carbons (Fsp3) is 0.818. The number of thiocarbonyl (C=S) groups is 1. The van der Waals surface area contributed by atoms with E-state index in [4.69, 9.17) is 18.0 Å². The molecule has 0 aromatic heterocycles. The summed E-state index contributed by atoms with van der Waals surface area (Å²) in [5, 5.41) is 0. The molecule has 0 unspecified atom stereocenters. The second kappa shape index (κ2) is 5.87. The third-order valence-electron chi connectivity index (χ3n) is 3.32. The zero-order chi connectivity index (χ0) is 12.2. The van der Waals surface area contributed by atoms with Gasteiger partial charge in [0, 0.05) is 19.3 Å². The SMILES string of the molecule is CSCCN(C)C(=O)C1(C(N)=S)CCCC1. The van der Waals surface area contributed by atoms with Crippen LogP contribution in [-0.2, 0) is 4.79 Å². The van der Waals surface area contributed by atoms with Crippen molar-refractivity contribution in [3.8, 4) is 0 Å². The average Bonchev–Trinajstić information content (AvgIpc) is 2.75. The maximum absolute atomic E-state index is 12.4. The molecule has 0 radical (unpaired) electrons. The molecule has 2 N–H and O–H groups in total. The van der Waals surface area contributed by atoms with Gasteiger partial charge < -0.3 is 10.6 Å². The number of carbonyl (C=O) groups excluding carboxylic acids is 1. The number of hydrogen-bond donors (Lipinski definition) is 1. The quantitative estimate of drug-likeness (QED) is 0.764. The molecule has 92 valence electrons. The smallest absolute Gasteiger partial charge is 0.235 e. The predicted molar refractivity (Wildman–Crippen MR) is 73.7 cm³/mol. The molecule has 1 saturated carbocycles. The van der Waals surface area contributed by atoms with Crippen molar-refractivity contribution in [3.05, 3.63) is 0 Å². The normalized spacial score (nSPS) is 18.4. The van der Waals surface area contributed by atoms with Gasteiger partial charge in [-0.2, -0.15) is 11.8 Å².